The van der Waals surface area contributed by atoms with Crippen molar-refractivity contribution in [3.05, 3.63) is 101 Å². The fraction of sp³-hybridized carbons (Fsp3) is 0.457. The van der Waals surface area contributed by atoms with Crippen molar-refractivity contribution < 1.29 is 37.4 Å². The molecule has 2 aliphatic heterocycles. The molecule has 330 valence electrons. The topological polar surface area (TPSA) is 154 Å². The summed E-state index contributed by atoms with van der Waals surface area (Å²) in [7, 11) is 1.68. The highest BCUT2D eigenvalue weighted by Gasteiger charge is 2.43. The molecular formula is C46H55F2N7O6S. The molecule has 4 N–H and O–H groups in total. The number of hydrogen-bond acceptors (Lipinski definition) is 10. The summed E-state index contributed by atoms with van der Waals surface area (Å²) < 4.78 is 41.6. The van der Waals surface area contributed by atoms with Crippen molar-refractivity contribution in [2.75, 3.05) is 51.5 Å². The molecule has 4 amide bonds. The van der Waals surface area contributed by atoms with E-state index in [0.717, 1.165) is 49.3 Å². The average molecular weight is 872 g/mol. The van der Waals surface area contributed by atoms with Gasteiger partial charge in [0.15, 0.2) is 23.4 Å². The summed E-state index contributed by atoms with van der Waals surface area (Å²) >= 11 is 1.36. The van der Waals surface area contributed by atoms with E-state index in [4.69, 9.17) is 9.47 Å². The minimum absolute atomic E-state index is 0.0709. The highest BCUT2D eigenvalue weighted by molar-refractivity contribution is 7.14. The molecule has 0 spiro atoms. The number of hydrogen-bond donors (Lipinski definition) is 4. The van der Waals surface area contributed by atoms with Crippen molar-refractivity contribution in [2.45, 2.75) is 82.0 Å². The zero-order chi connectivity index (χ0) is 43.6. The molecule has 1 aromatic heterocycles. The molecule has 2 saturated heterocycles. The van der Waals surface area contributed by atoms with Crippen molar-refractivity contribution in [2.24, 2.45) is 5.92 Å². The molecular weight excluding hydrogens is 817 g/mol. The van der Waals surface area contributed by atoms with Crippen LogP contribution in [0.1, 0.15) is 68.9 Å². The van der Waals surface area contributed by atoms with E-state index in [0.29, 0.717) is 56.5 Å². The van der Waals surface area contributed by atoms with E-state index in [1.165, 1.54) is 17.4 Å². The van der Waals surface area contributed by atoms with Crippen LogP contribution >= 0.6 is 11.3 Å². The Morgan fingerprint density at radius 2 is 1.53 bits per heavy atom. The van der Waals surface area contributed by atoms with E-state index >= 15 is 4.39 Å². The Balaban J connectivity index is 1.14. The Kier molecular flexibility index (Phi) is 15.2. The van der Waals surface area contributed by atoms with E-state index in [2.05, 4.69) is 31.2 Å². The minimum atomic E-state index is -1.25. The first-order chi connectivity index (χ1) is 30.1. The number of likely N-dealkylation sites (N-methyl/N-ethyl adjacent to an activating group) is 1. The number of ether oxygens (including phenoxy) is 2. The van der Waals surface area contributed by atoms with Gasteiger partial charge in [0.25, 0.3) is 0 Å². The first-order valence-corrected chi connectivity index (χ1v) is 22.4. The van der Waals surface area contributed by atoms with E-state index in [1.54, 1.807) is 24.3 Å². The monoisotopic (exact) mass is 871 g/mol. The summed E-state index contributed by atoms with van der Waals surface area (Å²) in [6.07, 6.45) is 5.45. The highest BCUT2D eigenvalue weighted by Crippen LogP contribution is 2.37. The predicted octanol–water partition coefficient (Wildman–Crippen LogP) is 5.36. The van der Waals surface area contributed by atoms with E-state index in [9.17, 15) is 23.6 Å². The van der Waals surface area contributed by atoms with Gasteiger partial charge in [-0.25, -0.2) is 9.37 Å². The minimum Gasteiger partial charge on any atom is -0.469 e. The van der Waals surface area contributed by atoms with Gasteiger partial charge in [0.1, 0.15) is 18.1 Å². The number of likely N-dealkylation sites (tertiary alicyclic amines) is 1. The van der Waals surface area contributed by atoms with Gasteiger partial charge in [0, 0.05) is 36.5 Å². The van der Waals surface area contributed by atoms with Crippen LogP contribution in [0, 0.1) is 17.6 Å². The molecule has 16 heteroatoms. The zero-order valence-corrected chi connectivity index (χ0v) is 35.9. The van der Waals surface area contributed by atoms with Crippen molar-refractivity contribution in [3.63, 3.8) is 0 Å². The Morgan fingerprint density at radius 1 is 0.855 bits per heavy atom. The maximum Gasteiger partial charge on any atom is 0.246 e. The number of morpholine rings is 1. The van der Waals surface area contributed by atoms with Crippen LogP contribution in [0.3, 0.4) is 0 Å². The molecule has 62 heavy (non-hydrogen) atoms. The molecule has 0 radical (unpaired) electrons. The van der Waals surface area contributed by atoms with Crippen molar-refractivity contribution >= 4 is 40.1 Å². The number of rotatable bonds is 16. The fourth-order valence-electron chi connectivity index (χ4n) is 8.64. The van der Waals surface area contributed by atoms with E-state index < -0.39 is 66.0 Å². The number of nitrogens with zero attached hydrogens (tertiary/aromatic N) is 3. The molecule has 13 nitrogen and oxygen atoms in total. The third-order valence-corrected chi connectivity index (χ3v) is 13.0. The molecule has 3 heterocycles. The lowest BCUT2D eigenvalue weighted by Gasteiger charge is -2.36. The average Bonchev–Trinajstić information content (AvgIpc) is 4.02. The number of anilines is 1. The van der Waals surface area contributed by atoms with Crippen molar-refractivity contribution in [3.8, 4) is 17.0 Å². The molecule has 0 unspecified atom stereocenters. The van der Waals surface area contributed by atoms with E-state index in [1.807, 2.05) is 60.7 Å². The van der Waals surface area contributed by atoms with Gasteiger partial charge >= 0.3 is 0 Å². The second kappa shape index (κ2) is 21.1. The standard InChI is InChI=1S/C46H55F2N7O6S/c1-29(49-2)42(56)52-39(32-17-10-5-11-18-32)45(59)55-22-12-19-36(55)43(57)53-40(37(30-13-6-3-7-14-30)31-15-8-4-9-16-31)44(58)50-28-61-41-33(20-21-34(47)38(41)48)35-27-62-46(51-35)54-23-25-60-26-24-54/h3-4,6-9,13-16,20-21,27,29,32,36-37,39-40,49H,5,10-12,17-19,22-26,28H2,1-2H3,(H,50,58)(H,52,56)(H,53,57)/t29-,36-,39-,40-/m0/s1. The lowest BCUT2D eigenvalue weighted by molar-refractivity contribution is -0.143. The van der Waals surface area contributed by atoms with Crippen LogP contribution in [0.4, 0.5) is 13.9 Å². The van der Waals surface area contributed by atoms with Gasteiger partial charge in [-0.3, -0.25) is 19.2 Å². The summed E-state index contributed by atoms with van der Waals surface area (Å²) in [6, 6.07) is 17.4. The fourth-order valence-corrected chi connectivity index (χ4v) is 9.52. The highest BCUT2D eigenvalue weighted by atomic mass is 32.1. The van der Waals surface area contributed by atoms with Gasteiger partial charge in [-0.05, 0) is 68.8 Å². The summed E-state index contributed by atoms with van der Waals surface area (Å²) in [6.45, 7) is 3.88. The number of carbonyl (C=O) groups is 4. The third-order valence-electron chi connectivity index (χ3n) is 12.1. The number of nitrogens with one attached hydrogen (secondary N) is 4. The van der Waals surface area contributed by atoms with Crippen molar-refractivity contribution in [1.29, 1.82) is 0 Å². The Morgan fingerprint density at radius 3 is 2.19 bits per heavy atom. The largest absolute Gasteiger partial charge is 0.469 e. The maximum absolute atomic E-state index is 15.5. The number of carbonyl (C=O) groups excluding carboxylic acids is 4. The number of halogens is 2. The van der Waals surface area contributed by atoms with Crippen LogP contribution in [0.25, 0.3) is 11.3 Å². The van der Waals surface area contributed by atoms with Crippen LogP contribution in [-0.2, 0) is 23.9 Å². The second-order valence-electron chi connectivity index (χ2n) is 16.1. The Hall–Kier alpha value is -5.45. The van der Waals surface area contributed by atoms with Gasteiger partial charge in [-0.2, -0.15) is 4.39 Å². The van der Waals surface area contributed by atoms with Crippen LogP contribution < -0.4 is 30.9 Å². The lowest BCUT2D eigenvalue weighted by Crippen LogP contribution is -2.59. The molecule has 0 bridgehead atoms. The molecule has 7 rings (SSSR count). The number of thiazole rings is 1. The van der Waals surface area contributed by atoms with Crippen LogP contribution in [-0.4, -0.2) is 104 Å². The molecule has 3 aromatic carbocycles. The quantitative estimate of drug-likeness (QED) is 0.109. The third kappa shape index (κ3) is 10.4. The normalized spacial score (nSPS) is 18.5. The van der Waals surface area contributed by atoms with Gasteiger partial charge < -0.3 is 40.5 Å². The maximum atomic E-state index is 15.5. The Labute approximate surface area is 364 Å². The number of aromatic nitrogens is 1. The predicted molar refractivity (Wildman–Crippen MR) is 233 cm³/mol. The second-order valence-corrected chi connectivity index (χ2v) is 16.9. The number of benzene rings is 3. The first kappa shape index (κ1) is 44.6. The van der Waals surface area contributed by atoms with Gasteiger partial charge in [0.05, 0.1) is 24.9 Å². The Bertz CT molecular complexity index is 2110. The number of amides is 4. The summed E-state index contributed by atoms with van der Waals surface area (Å²) in [5.74, 6) is -5.34. The summed E-state index contributed by atoms with van der Waals surface area (Å²) in [5.41, 5.74) is 2.05. The molecule has 3 aliphatic rings. The lowest BCUT2D eigenvalue weighted by atomic mass is 9.83. The smallest absolute Gasteiger partial charge is 0.246 e. The van der Waals surface area contributed by atoms with Gasteiger partial charge in [-0.15, -0.1) is 11.3 Å². The van der Waals surface area contributed by atoms with Crippen LogP contribution in [0.2, 0.25) is 0 Å². The van der Waals surface area contributed by atoms with Gasteiger partial charge in [0.2, 0.25) is 29.4 Å². The summed E-state index contributed by atoms with van der Waals surface area (Å²) in [5, 5.41) is 14.1. The van der Waals surface area contributed by atoms with Crippen LogP contribution in [0.5, 0.6) is 5.75 Å². The van der Waals surface area contributed by atoms with Gasteiger partial charge in [-0.1, -0.05) is 79.9 Å². The van der Waals surface area contributed by atoms with Crippen molar-refractivity contribution in [1.82, 2.24) is 31.2 Å². The SMILES string of the molecule is CN[C@@H](C)C(=O)N[C@H](C(=O)N1CCC[C@H]1C(=O)N[C@H](C(=O)NCOc1c(-c2csc(N3CCOCC3)n2)ccc(F)c1F)C(c1ccccc1)c1ccccc1)C1CCCCC1. The molecule has 4 aromatic rings. The molecule has 4 atom stereocenters. The van der Waals surface area contributed by atoms with Crippen LogP contribution in [0.15, 0.2) is 78.2 Å². The van der Waals surface area contributed by atoms with E-state index in [-0.39, 0.29) is 23.3 Å². The molecule has 1 aliphatic carbocycles. The molecule has 1 saturated carbocycles. The molecule has 3 fully saturated rings. The first-order valence-electron chi connectivity index (χ1n) is 21.5. The summed E-state index contributed by atoms with van der Waals surface area (Å²) in [4.78, 5) is 65.1. The zero-order valence-electron chi connectivity index (χ0n) is 35.1.